The second-order valence-corrected chi connectivity index (χ2v) is 6.89. The molecule has 0 saturated carbocycles. The summed E-state index contributed by atoms with van der Waals surface area (Å²) in [6.45, 7) is 2.01. The van der Waals surface area contributed by atoms with Gasteiger partial charge in [-0.2, -0.15) is 0 Å². The first kappa shape index (κ1) is 20.4. The van der Waals surface area contributed by atoms with Crippen LogP contribution in [0.2, 0.25) is 0 Å². The van der Waals surface area contributed by atoms with Crippen molar-refractivity contribution in [2.75, 3.05) is 20.3 Å². The zero-order chi connectivity index (χ0) is 20.6. The Kier molecular flexibility index (Phi) is 6.85. The molecule has 0 bridgehead atoms. The third kappa shape index (κ3) is 5.57. The Morgan fingerprint density at radius 2 is 1.69 bits per heavy atom. The molecule has 0 saturated heterocycles. The van der Waals surface area contributed by atoms with E-state index in [9.17, 15) is 9.59 Å². The number of methoxy groups -OCH3 is 1. The van der Waals surface area contributed by atoms with Gasteiger partial charge in [-0.1, -0.05) is 54.6 Å². The van der Waals surface area contributed by atoms with Crippen molar-refractivity contribution in [1.82, 2.24) is 5.32 Å². The van der Waals surface area contributed by atoms with Crippen LogP contribution in [0.15, 0.2) is 66.7 Å². The lowest BCUT2D eigenvalue weighted by molar-refractivity contribution is -0.149. The number of amides is 1. The smallest absolute Gasteiger partial charge is 0.313 e. The van der Waals surface area contributed by atoms with Crippen molar-refractivity contribution in [3.8, 4) is 5.75 Å². The molecule has 0 aliphatic carbocycles. The lowest BCUT2D eigenvalue weighted by Gasteiger charge is -2.13. The van der Waals surface area contributed by atoms with Crippen molar-refractivity contribution in [3.63, 3.8) is 0 Å². The quantitative estimate of drug-likeness (QED) is 0.593. The molecule has 0 unspecified atom stereocenters. The van der Waals surface area contributed by atoms with Crippen LogP contribution in [0.4, 0.5) is 0 Å². The van der Waals surface area contributed by atoms with E-state index in [-0.39, 0.29) is 12.5 Å². The summed E-state index contributed by atoms with van der Waals surface area (Å²) < 4.78 is 10.4. The summed E-state index contributed by atoms with van der Waals surface area (Å²) >= 11 is 0. The van der Waals surface area contributed by atoms with E-state index in [0.29, 0.717) is 6.54 Å². The largest absolute Gasteiger partial charge is 0.497 e. The highest BCUT2D eigenvalue weighted by molar-refractivity contribution is 5.87. The predicted octanol–water partition coefficient (Wildman–Crippen LogP) is 3.85. The van der Waals surface area contributed by atoms with Gasteiger partial charge in [0.25, 0.3) is 5.91 Å². The Balaban J connectivity index is 1.49. The van der Waals surface area contributed by atoms with Gasteiger partial charge in [-0.15, -0.1) is 0 Å². The van der Waals surface area contributed by atoms with Crippen LogP contribution in [0.5, 0.6) is 5.75 Å². The van der Waals surface area contributed by atoms with Gasteiger partial charge >= 0.3 is 5.97 Å². The molecule has 1 atom stereocenters. The van der Waals surface area contributed by atoms with Crippen molar-refractivity contribution in [1.29, 1.82) is 0 Å². The van der Waals surface area contributed by atoms with Crippen molar-refractivity contribution >= 4 is 22.6 Å². The van der Waals surface area contributed by atoms with Crippen LogP contribution in [0.25, 0.3) is 10.8 Å². The molecule has 3 aromatic rings. The summed E-state index contributed by atoms with van der Waals surface area (Å²) in [6.07, 6.45) is 0.735. The van der Waals surface area contributed by atoms with E-state index in [4.69, 9.17) is 9.47 Å². The number of hydrogen-bond acceptors (Lipinski definition) is 4. The summed E-state index contributed by atoms with van der Waals surface area (Å²) in [5.41, 5.74) is 1.99. The molecule has 5 nitrogen and oxygen atoms in total. The number of carbonyl (C=O) groups is 2. The van der Waals surface area contributed by atoms with Crippen LogP contribution in [-0.4, -0.2) is 32.1 Å². The Labute approximate surface area is 170 Å². The number of nitrogens with one attached hydrogen (secondary N) is 1. The maximum atomic E-state index is 12.4. The van der Waals surface area contributed by atoms with Gasteiger partial charge in [0, 0.05) is 6.54 Å². The fraction of sp³-hybridized carbons (Fsp3) is 0.250. The first-order chi connectivity index (χ1) is 14.1. The molecular formula is C24H25NO4. The van der Waals surface area contributed by atoms with Crippen molar-refractivity contribution in [2.45, 2.75) is 19.3 Å². The summed E-state index contributed by atoms with van der Waals surface area (Å²) in [4.78, 5) is 24.3. The molecule has 3 rings (SSSR count). The number of benzene rings is 3. The SMILES string of the molecule is COc1ccc2cc([C@H](C)C(=O)OCC(=O)NCCc3ccccc3)ccc2c1. The van der Waals surface area contributed by atoms with Gasteiger partial charge < -0.3 is 14.8 Å². The summed E-state index contributed by atoms with van der Waals surface area (Å²) in [6, 6.07) is 21.5. The fourth-order valence-corrected chi connectivity index (χ4v) is 3.08. The molecule has 0 heterocycles. The Morgan fingerprint density at radius 3 is 2.45 bits per heavy atom. The van der Waals surface area contributed by atoms with Crippen LogP contribution in [0, 0.1) is 0 Å². The maximum Gasteiger partial charge on any atom is 0.313 e. The maximum absolute atomic E-state index is 12.4. The highest BCUT2D eigenvalue weighted by Crippen LogP contribution is 2.25. The Bertz CT molecular complexity index is 985. The van der Waals surface area contributed by atoms with Crippen molar-refractivity contribution < 1.29 is 19.1 Å². The minimum absolute atomic E-state index is 0.275. The van der Waals surface area contributed by atoms with E-state index in [0.717, 1.165) is 34.1 Å². The first-order valence-electron chi connectivity index (χ1n) is 9.62. The second kappa shape index (κ2) is 9.73. The highest BCUT2D eigenvalue weighted by atomic mass is 16.5. The summed E-state index contributed by atoms with van der Waals surface area (Å²) in [5, 5.41) is 4.82. The van der Waals surface area contributed by atoms with Crippen molar-refractivity contribution in [2.24, 2.45) is 0 Å². The molecule has 0 aliphatic rings. The minimum Gasteiger partial charge on any atom is -0.497 e. The predicted molar refractivity (Wildman–Crippen MR) is 113 cm³/mol. The Hall–Kier alpha value is -3.34. The average molecular weight is 391 g/mol. The van der Waals surface area contributed by atoms with Gasteiger partial charge in [0.2, 0.25) is 0 Å². The fourth-order valence-electron chi connectivity index (χ4n) is 3.08. The number of ether oxygens (including phenoxy) is 2. The molecule has 0 spiro atoms. The van der Waals surface area contributed by atoms with E-state index in [1.54, 1.807) is 14.0 Å². The van der Waals surface area contributed by atoms with E-state index < -0.39 is 11.9 Å². The van der Waals surface area contributed by atoms with Gasteiger partial charge in [0.05, 0.1) is 13.0 Å². The molecule has 150 valence electrons. The zero-order valence-electron chi connectivity index (χ0n) is 16.7. The number of fused-ring (bicyclic) bond motifs is 1. The van der Waals surface area contributed by atoms with Gasteiger partial charge in [-0.3, -0.25) is 9.59 Å². The normalized spacial score (nSPS) is 11.7. The molecule has 1 N–H and O–H groups in total. The second-order valence-electron chi connectivity index (χ2n) is 6.89. The number of hydrogen-bond donors (Lipinski definition) is 1. The first-order valence-corrected chi connectivity index (χ1v) is 9.62. The molecule has 5 heteroatoms. The van der Waals surface area contributed by atoms with Crippen LogP contribution in [0.3, 0.4) is 0 Å². The molecule has 29 heavy (non-hydrogen) atoms. The molecular weight excluding hydrogens is 366 g/mol. The van der Waals surface area contributed by atoms with Crippen LogP contribution in [-0.2, 0) is 20.7 Å². The Morgan fingerprint density at radius 1 is 0.966 bits per heavy atom. The monoisotopic (exact) mass is 391 g/mol. The molecule has 3 aromatic carbocycles. The van der Waals surface area contributed by atoms with Crippen LogP contribution < -0.4 is 10.1 Å². The van der Waals surface area contributed by atoms with Gasteiger partial charge in [0.1, 0.15) is 5.75 Å². The van der Waals surface area contributed by atoms with Gasteiger partial charge in [0.15, 0.2) is 6.61 Å². The average Bonchev–Trinajstić information content (AvgIpc) is 2.76. The molecule has 1 amide bonds. The van der Waals surface area contributed by atoms with E-state index in [2.05, 4.69) is 5.32 Å². The third-order valence-corrected chi connectivity index (χ3v) is 4.85. The van der Waals surface area contributed by atoms with Crippen molar-refractivity contribution in [3.05, 3.63) is 77.9 Å². The van der Waals surface area contributed by atoms with Gasteiger partial charge in [-0.25, -0.2) is 0 Å². The van der Waals surface area contributed by atoms with E-state index in [1.807, 2.05) is 66.7 Å². The highest BCUT2D eigenvalue weighted by Gasteiger charge is 2.18. The van der Waals surface area contributed by atoms with E-state index >= 15 is 0 Å². The molecule has 0 radical (unpaired) electrons. The number of esters is 1. The molecule has 0 fully saturated rings. The number of carbonyl (C=O) groups excluding carboxylic acids is 2. The molecule has 0 aliphatic heterocycles. The van der Waals surface area contributed by atoms with Gasteiger partial charge in [-0.05, 0) is 47.4 Å². The summed E-state index contributed by atoms with van der Waals surface area (Å²) in [5.74, 6) is -0.391. The zero-order valence-corrected chi connectivity index (χ0v) is 16.7. The van der Waals surface area contributed by atoms with Crippen LogP contribution in [0.1, 0.15) is 24.0 Å². The standard InChI is InChI=1S/C24H25NO4/c1-17(19-8-9-21-15-22(28-2)11-10-20(21)14-19)24(27)29-16-23(26)25-13-12-18-6-4-3-5-7-18/h3-11,14-15,17H,12-13,16H2,1-2H3,(H,25,26)/t17-/m0/s1. The minimum atomic E-state index is -0.460. The van der Waals surface area contributed by atoms with E-state index in [1.165, 1.54) is 0 Å². The third-order valence-electron chi connectivity index (χ3n) is 4.85. The topological polar surface area (TPSA) is 64.6 Å². The lowest BCUT2D eigenvalue weighted by atomic mass is 9.98. The molecule has 0 aromatic heterocycles. The summed E-state index contributed by atoms with van der Waals surface area (Å²) in [7, 11) is 1.63. The lowest BCUT2D eigenvalue weighted by Crippen LogP contribution is -2.31. The van der Waals surface area contributed by atoms with Crippen LogP contribution >= 0.6 is 0 Å². The number of rotatable bonds is 8.